The van der Waals surface area contributed by atoms with Crippen LogP contribution in [0.1, 0.15) is 43.9 Å². The van der Waals surface area contributed by atoms with E-state index in [9.17, 15) is 34.8 Å². The Morgan fingerprint density at radius 1 is 1.22 bits per heavy atom. The number of nitrogens with zero attached hydrogens (tertiary/aromatic N) is 2. The molecule has 0 bridgehead atoms. The van der Waals surface area contributed by atoms with Crippen molar-refractivity contribution < 1.29 is 34.8 Å². The summed E-state index contributed by atoms with van der Waals surface area (Å²) in [5.74, 6) is -6.78. The van der Waals surface area contributed by atoms with Crippen molar-refractivity contribution in [2.75, 3.05) is 14.1 Å². The molecule has 37 heavy (non-hydrogen) atoms. The van der Waals surface area contributed by atoms with E-state index in [2.05, 4.69) is 10.5 Å². The number of hydrogen-bond donors (Lipinski definition) is 6. The Balaban J connectivity index is 1.90. The molecule has 3 aliphatic carbocycles. The highest BCUT2D eigenvalue weighted by Crippen LogP contribution is 2.52. The number of amides is 1. The Kier molecular flexibility index (Phi) is 6.20. The van der Waals surface area contributed by atoms with Gasteiger partial charge in [0.15, 0.2) is 11.4 Å². The number of aromatic hydroxyl groups is 1. The number of fused-ring (bicyclic) bond motifs is 3. The molecule has 1 fully saturated rings. The van der Waals surface area contributed by atoms with E-state index in [0.717, 1.165) is 0 Å². The molecule has 198 valence electrons. The first-order valence-electron chi connectivity index (χ1n) is 11.9. The molecule has 0 spiro atoms. The number of hydrazone groups is 1. The van der Waals surface area contributed by atoms with Gasteiger partial charge in [-0.3, -0.25) is 19.3 Å². The van der Waals surface area contributed by atoms with Crippen LogP contribution in [-0.2, 0) is 20.8 Å². The molecule has 4 atom stereocenters. The zero-order valence-corrected chi connectivity index (χ0v) is 21.4. The molecule has 1 aromatic carbocycles. The molecular weight excluding hydrogens is 480 g/mol. The van der Waals surface area contributed by atoms with E-state index in [0.29, 0.717) is 11.1 Å². The highest BCUT2D eigenvalue weighted by molar-refractivity contribution is 6.24. The maximum atomic E-state index is 13.8. The van der Waals surface area contributed by atoms with Gasteiger partial charge in [-0.2, -0.15) is 5.10 Å². The van der Waals surface area contributed by atoms with Crippen molar-refractivity contribution in [3.8, 4) is 5.75 Å². The number of carbonyl (C=O) groups excluding carboxylic acids is 3. The van der Waals surface area contributed by atoms with Crippen LogP contribution in [0.4, 0.5) is 0 Å². The largest absolute Gasteiger partial charge is 0.508 e. The monoisotopic (exact) mass is 512 g/mol. The van der Waals surface area contributed by atoms with Gasteiger partial charge in [-0.25, -0.2) is 0 Å². The predicted molar refractivity (Wildman–Crippen MR) is 135 cm³/mol. The molecule has 11 nitrogen and oxygen atoms in total. The van der Waals surface area contributed by atoms with Crippen LogP contribution >= 0.6 is 0 Å². The molecule has 0 radical (unpaired) electrons. The molecule has 0 aromatic heterocycles. The van der Waals surface area contributed by atoms with E-state index in [1.165, 1.54) is 11.0 Å². The quantitative estimate of drug-likeness (QED) is 0.192. The Labute approximate surface area is 214 Å². The summed E-state index contributed by atoms with van der Waals surface area (Å²) in [7, 11) is 3.12. The van der Waals surface area contributed by atoms with E-state index in [1.807, 2.05) is 20.8 Å². The summed E-state index contributed by atoms with van der Waals surface area (Å²) < 4.78 is 0. The smallest absolute Gasteiger partial charge is 0.255 e. The Morgan fingerprint density at radius 2 is 1.86 bits per heavy atom. The Hall–Kier alpha value is -3.70. The number of aliphatic hydroxyl groups is 3. The van der Waals surface area contributed by atoms with Gasteiger partial charge in [0.25, 0.3) is 5.91 Å². The number of Topliss-reactive ketones (excluding diaryl/α,β-unsaturated/α-hetero) is 2. The maximum absolute atomic E-state index is 13.8. The Morgan fingerprint density at radius 3 is 2.43 bits per heavy atom. The molecule has 0 saturated heterocycles. The van der Waals surface area contributed by atoms with E-state index >= 15 is 0 Å². The number of aliphatic hydroxyl groups excluding tert-OH is 2. The van der Waals surface area contributed by atoms with E-state index in [4.69, 9.17) is 5.73 Å². The number of benzene rings is 1. The average molecular weight is 513 g/mol. The lowest BCUT2D eigenvalue weighted by Crippen LogP contribution is -2.65. The number of phenols is 1. The first-order valence-corrected chi connectivity index (χ1v) is 11.9. The molecule has 7 N–H and O–H groups in total. The van der Waals surface area contributed by atoms with E-state index < -0.39 is 58.0 Å². The number of ketones is 2. The second kappa shape index (κ2) is 8.70. The fourth-order valence-electron chi connectivity index (χ4n) is 5.68. The van der Waals surface area contributed by atoms with Crippen LogP contribution < -0.4 is 11.2 Å². The van der Waals surface area contributed by atoms with Crippen molar-refractivity contribution in [3.63, 3.8) is 0 Å². The lowest BCUT2D eigenvalue weighted by molar-refractivity contribution is -0.153. The summed E-state index contributed by atoms with van der Waals surface area (Å²) in [4.78, 5) is 40.5. The van der Waals surface area contributed by atoms with Gasteiger partial charge in [-0.1, -0.05) is 0 Å². The van der Waals surface area contributed by atoms with Gasteiger partial charge in [0.2, 0.25) is 5.78 Å². The zero-order valence-electron chi connectivity index (χ0n) is 21.4. The molecular formula is C26H32N4O7. The minimum Gasteiger partial charge on any atom is -0.508 e. The number of nitrogens with one attached hydrogen (secondary N) is 1. The summed E-state index contributed by atoms with van der Waals surface area (Å²) in [5.41, 5.74) is 5.51. The molecule has 4 rings (SSSR count). The fourth-order valence-corrected chi connectivity index (χ4v) is 5.68. The predicted octanol–water partition coefficient (Wildman–Crippen LogP) is 0.686. The van der Waals surface area contributed by atoms with Crippen molar-refractivity contribution in [3.05, 3.63) is 45.7 Å². The van der Waals surface area contributed by atoms with E-state index in [-0.39, 0.29) is 35.3 Å². The van der Waals surface area contributed by atoms with Gasteiger partial charge >= 0.3 is 0 Å². The first-order chi connectivity index (χ1) is 17.1. The molecule has 1 saturated carbocycles. The number of rotatable bonds is 4. The van der Waals surface area contributed by atoms with Crippen LogP contribution in [0.25, 0.3) is 5.76 Å². The molecule has 11 heteroatoms. The summed E-state index contributed by atoms with van der Waals surface area (Å²) in [6.45, 7) is 5.81. The van der Waals surface area contributed by atoms with Crippen molar-refractivity contribution in [2.24, 2.45) is 22.7 Å². The van der Waals surface area contributed by atoms with Gasteiger partial charge in [0.1, 0.15) is 22.8 Å². The van der Waals surface area contributed by atoms with Gasteiger partial charge < -0.3 is 31.6 Å². The standard InChI is InChI=1S/C26H32N4O7/c1-25(2,3)29-28-10-11-6-7-15(31)17-13(11)8-12-9-14-19(30(4)5)21(33)18(24(27)36)23(35)26(14,37)22(34)16(12)20(17)32/h6-7,10,12,14,19,29,31-32,35,37H,8-9H2,1-5H3,(H2,27,36)/b28-10+/t12-,14-,19-,26-/m0/s1. The summed E-state index contributed by atoms with van der Waals surface area (Å²) in [5, 5.41) is 48.6. The Bertz CT molecular complexity index is 1300. The molecule has 1 amide bonds. The third kappa shape index (κ3) is 3.98. The molecule has 1 aromatic rings. The highest BCUT2D eigenvalue weighted by atomic mass is 16.3. The van der Waals surface area contributed by atoms with E-state index in [1.54, 1.807) is 26.4 Å². The lowest BCUT2D eigenvalue weighted by Gasteiger charge is -2.50. The van der Waals surface area contributed by atoms with Gasteiger partial charge in [0.05, 0.1) is 17.8 Å². The minimum absolute atomic E-state index is 0.0241. The minimum atomic E-state index is -2.66. The second-order valence-corrected chi connectivity index (χ2v) is 11.1. The summed E-state index contributed by atoms with van der Waals surface area (Å²) >= 11 is 0. The SMILES string of the molecule is CN(C)[C@@H]1C(=O)C(C(N)=O)=C(O)[C@@]2(O)C(=O)C3=C(O)c4c(O)ccc(/C=N/NC(C)(C)C)c4C[C@H]3C[C@@H]12. The lowest BCUT2D eigenvalue weighted by atomic mass is 9.57. The third-order valence-corrected chi connectivity index (χ3v) is 7.24. The van der Waals surface area contributed by atoms with Gasteiger partial charge in [-0.05, 0) is 76.9 Å². The van der Waals surface area contributed by atoms with Crippen molar-refractivity contribution in [1.29, 1.82) is 0 Å². The molecule has 0 aliphatic heterocycles. The molecule has 0 unspecified atom stereocenters. The number of likely N-dealkylation sites (N-methyl/N-ethyl adjacent to an activating group) is 1. The number of primary amides is 1. The van der Waals surface area contributed by atoms with Crippen molar-refractivity contribution >= 4 is 29.4 Å². The number of carbonyl (C=O) groups is 3. The van der Waals surface area contributed by atoms with Crippen LogP contribution in [0.15, 0.2) is 34.1 Å². The van der Waals surface area contributed by atoms with Crippen LogP contribution in [-0.4, -0.2) is 80.3 Å². The number of hydrogen-bond acceptors (Lipinski definition) is 10. The van der Waals surface area contributed by atoms with Crippen LogP contribution in [0.2, 0.25) is 0 Å². The summed E-state index contributed by atoms with van der Waals surface area (Å²) in [6, 6.07) is 1.88. The van der Waals surface area contributed by atoms with Crippen LogP contribution in [0, 0.1) is 11.8 Å². The topological polar surface area (TPSA) is 186 Å². The summed E-state index contributed by atoms with van der Waals surface area (Å²) in [6.07, 6.45) is 1.78. The molecule has 3 aliphatic rings. The van der Waals surface area contributed by atoms with Gasteiger partial charge in [-0.15, -0.1) is 0 Å². The highest BCUT2D eigenvalue weighted by Gasteiger charge is 2.64. The van der Waals surface area contributed by atoms with Crippen molar-refractivity contribution in [2.45, 2.75) is 50.8 Å². The zero-order chi connectivity index (χ0) is 27.6. The van der Waals surface area contributed by atoms with Crippen LogP contribution in [0.5, 0.6) is 5.75 Å². The van der Waals surface area contributed by atoms with Gasteiger partial charge in [0, 0.05) is 17.0 Å². The maximum Gasteiger partial charge on any atom is 0.255 e. The first kappa shape index (κ1) is 26.4. The average Bonchev–Trinajstić information content (AvgIpc) is 2.76. The van der Waals surface area contributed by atoms with Crippen LogP contribution in [0.3, 0.4) is 0 Å². The second-order valence-electron chi connectivity index (χ2n) is 11.1. The number of phenolic OH excluding ortho intramolecular Hbond substituents is 1. The third-order valence-electron chi connectivity index (χ3n) is 7.24. The normalized spacial score (nSPS) is 27.9. The molecule has 0 heterocycles. The number of nitrogens with two attached hydrogens (primary N) is 1. The fraction of sp³-hybridized carbons (Fsp3) is 0.462. The van der Waals surface area contributed by atoms with Crippen molar-refractivity contribution in [1.82, 2.24) is 10.3 Å².